The minimum absolute atomic E-state index is 0. The molecule has 0 saturated heterocycles. The van der Waals surface area contributed by atoms with Gasteiger partial charge in [-0.1, -0.05) is 42.1 Å². The number of rotatable bonds is 5. The van der Waals surface area contributed by atoms with Gasteiger partial charge in [0.05, 0.1) is 21.2 Å². The van der Waals surface area contributed by atoms with Crippen LogP contribution in [0.4, 0.5) is 11.4 Å². The Morgan fingerprint density at radius 3 is 1.79 bits per heavy atom. The summed E-state index contributed by atoms with van der Waals surface area (Å²) in [7, 11) is -15.1. The van der Waals surface area contributed by atoms with Gasteiger partial charge in [-0.2, -0.15) is 8.42 Å². The first-order chi connectivity index (χ1) is 16.2. The first-order valence-electron chi connectivity index (χ1n) is 9.29. The summed E-state index contributed by atoms with van der Waals surface area (Å²) in [5, 5.41) is 19.7. The van der Waals surface area contributed by atoms with E-state index in [9.17, 15) is 44.0 Å². The fourth-order valence-corrected chi connectivity index (χ4v) is 5.56. The predicted molar refractivity (Wildman–Crippen MR) is 117 cm³/mol. The molecule has 0 aromatic heterocycles. The molecule has 0 aliphatic carbocycles. The van der Waals surface area contributed by atoms with E-state index in [1.165, 1.54) is 24.3 Å². The van der Waals surface area contributed by atoms with Crippen LogP contribution in [0.25, 0.3) is 21.5 Å². The summed E-state index contributed by atoms with van der Waals surface area (Å²) in [6, 6.07) is 11.6. The van der Waals surface area contributed by atoms with Crippen molar-refractivity contribution in [1.29, 1.82) is 0 Å². The second kappa shape index (κ2) is 13.0. The number of hydrogen-bond donors (Lipinski definition) is 1. The van der Waals surface area contributed by atoms with Crippen molar-refractivity contribution in [2.75, 3.05) is 0 Å². The first kappa shape index (κ1) is 35.6. The van der Waals surface area contributed by atoms with Crippen molar-refractivity contribution < 1.29 is 133 Å². The Morgan fingerprint density at radius 2 is 1.24 bits per heavy atom. The smallest absolute Gasteiger partial charge is 0.870 e. The molecule has 0 aliphatic rings. The zero-order valence-corrected chi connectivity index (χ0v) is 28.5. The van der Waals surface area contributed by atoms with E-state index in [4.69, 9.17) is 0 Å². The van der Waals surface area contributed by atoms with Gasteiger partial charge in [-0.15, -0.1) is 10.2 Å². The van der Waals surface area contributed by atoms with E-state index in [1.54, 1.807) is 0 Å². The molecule has 18 heteroatoms. The molecule has 0 amide bonds. The van der Waals surface area contributed by atoms with Crippen molar-refractivity contribution >= 4 is 63.3 Å². The molecule has 4 rings (SSSR count). The fraction of sp³-hybridized carbons (Fsp3) is 0. The van der Waals surface area contributed by atoms with Crippen LogP contribution in [0.5, 0.6) is 5.75 Å². The molecule has 4 aromatic rings. The van der Waals surface area contributed by atoms with E-state index in [0.717, 1.165) is 36.4 Å². The average Bonchev–Trinajstić information content (AvgIpc) is 2.75. The van der Waals surface area contributed by atoms with Crippen LogP contribution in [0.1, 0.15) is 0 Å². The van der Waals surface area contributed by atoms with Gasteiger partial charge in [-0.05, 0) is 35.0 Å². The molecule has 0 fully saturated rings. The normalized spacial score (nSPS) is 12.1. The van der Waals surface area contributed by atoms with Crippen LogP contribution >= 0.6 is 0 Å². The van der Waals surface area contributed by atoms with Gasteiger partial charge in [0.2, 0.25) is 0 Å². The van der Waals surface area contributed by atoms with E-state index in [-0.39, 0.29) is 111 Å². The average molecular weight is 604 g/mol. The summed E-state index contributed by atoms with van der Waals surface area (Å²) in [6.45, 7) is 0. The molecule has 38 heavy (non-hydrogen) atoms. The third-order valence-corrected chi connectivity index (χ3v) is 7.60. The molecular formula is C20H11N2Na3O10S3. The first-order valence-corrected chi connectivity index (χ1v) is 13.5. The summed E-state index contributed by atoms with van der Waals surface area (Å²) in [5.41, 5.74) is -1.07. The van der Waals surface area contributed by atoms with Crippen molar-refractivity contribution in [2.24, 2.45) is 10.2 Å². The molecule has 12 nitrogen and oxygen atoms in total. The molecule has 4 aromatic carbocycles. The van der Waals surface area contributed by atoms with Crippen LogP contribution in [0.15, 0.2) is 85.6 Å². The summed E-state index contributed by atoms with van der Waals surface area (Å²) < 4.78 is 103. The Kier molecular flexibility index (Phi) is 12.2. The molecule has 0 atom stereocenters. The van der Waals surface area contributed by atoms with Gasteiger partial charge < -0.3 is 14.2 Å². The van der Waals surface area contributed by atoms with E-state index in [2.05, 4.69) is 10.2 Å². The van der Waals surface area contributed by atoms with Crippen LogP contribution in [0, 0.1) is 0 Å². The number of hydrogen-bond acceptors (Lipinski definition) is 11. The second-order valence-corrected chi connectivity index (χ2v) is 11.2. The third kappa shape index (κ3) is 7.23. The van der Waals surface area contributed by atoms with Crippen molar-refractivity contribution in [3.8, 4) is 5.75 Å². The van der Waals surface area contributed by atoms with Crippen LogP contribution in [-0.4, -0.2) is 38.9 Å². The SMILES string of the molecule is O=S(=O)([O-])c1ccc(N=Nc2c(S(=O)(=O)O)cc3cccc(S(=O)(=O)[O-])c3c2[O-])c2ccccc12.[Na+].[Na+].[Na+]. The Balaban J connectivity index is 0.00000241. The second-order valence-electron chi connectivity index (χ2n) is 7.12. The van der Waals surface area contributed by atoms with E-state index in [1.807, 2.05) is 0 Å². The van der Waals surface area contributed by atoms with E-state index < -0.39 is 61.9 Å². The Labute approximate surface area is 283 Å². The molecule has 0 spiro atoms. The maximum Gasteiger partial charge on any atom is 1.00 e. The van der Waals surface area contributed by atoms with Crippen molar-refractivity contribution in [1.82, 2.24) is 0 Å². The molecule has 0 saturated carbocycles. The zero-order valence-electron chi connectivity index (χ0n) is 20.0. The monoisotopic (exact) mass is 604 g/mol. The van der Waals surface area contributed by atoms with Crippen molar-refractivity contribution in [3.05, 3.63) is 60.7 Å². The Bertz CT molecular complexity index is 1900. The van der Waals surface area contributed by atoms with Gasteiger partial charge in [0.25, 0.3) is 10.1 Å². The number of nitrogens with zero attached hydrogens (tertiary/aromatic N) is 2. The van der Waals surface area contributed by atoms with Gasteiger partial charge >= 0.3 is 88.7 Å². The van der Waals surface area contributed by atoms with Gasteiger partial charge in [0.15, 0.2) is 0 Å². The van der Waals surface area contributed by atoms with Crippen LogP contribution in [0.3, 0.4) is 0 Å². The number of fused-ring (bicyclic) bond motifs is 2. The maximum atomic E-state index is 13.1. The molecule has 182 valence electrons. The van der Waals surface area contributed by atoms with Crippen LogP contribution < -0.4 is 93.8 Å². The summed E-state index contributed by atoms with van der Waals surface area (Å²) in [4.78, 5) is -2.47. The van der Waals surface area contributed by atoms with Crippen LogP contribution in [-0.2, 0) is 30.4 Å². The molecule has 0 heterocycles. The van der Waals surface area contributed by atoms with Gasteiger partial charge in [0.1, 0.15) is 25.1 Å². The Hall–Kier alpha value is -0.470. The topological polar surface area (TPSA) is 217 Å². The van der Waals surface area contributed by atoms with Gasteiger partial charge in [-0.25, -0.2) is 16.8 Å². The molecule has 0 unspecified atom stereocenters. The minimum Gasteiger partial charge on any atom is -0.870 e. The van der Waals surface area contributed by atoms with Crippen LogP contribution in [0.2, 0.25) is 0 Å². The largest absolute Gasteiger partial charge is 1.00 e. The molecular weight excluding hydrogens is 593 g/mol. The standard InChI is InChI=1S/C20H14N2O10S3.3Na/c23-20-18-11(4-3-7-16(18)34(27,28)29)10-17(35(30,31)32)19(20)22-21-14-8-9-15(33(24,25)26)13-6-2-1-5-12(13)14;;;/h1-10,23H,(H,24,25,26)(H,27,28,29)(H,30,31,32);;;/q;3*+1/p-3. The fourth-order valence-electron chi connectivity index (χ4n) is 3.52. The zero-order chi connectivity index (χ0) is 25.8. The summed E-state index contributed by atoms with van der Waals surface area (Å²) >= 11 is 0. The van der Waals surface area contributed by atoms with Gasteiger partial charge in [0, 0.05) is 10.8 Å². The molecule has 0 bridgehead atoms. The van der Waals surface area contributed by atoms with Crippen molar-refractivity contribution in [2.45, 2.75) is 14.7 Å². The number of azo groups is 1. The molecule has 1 N–H and O–H groups in total. The molecule has 0 radical (unpaired) electrons. The Morgan fingerprint density at radius 1 is 0.658 bits per heavy atom. The molecule has 0 aliphatic heterocycles. The maximum absolute atomic E-state index is 13.1. The summed E-state index contributed by atoms with van der Waals surface area (Å²) in [5.74, 6) is -1.31. The van der Waals surface area contributed by atoms with E-state index in [0.29, 0.717) is 0 Å². The minimum atomic E-state index is -5.15. The van der Waals surface area contributed by atoms with Crippen molar-refractivity contribution in [3.63, 3.8) is 0 Å². The summed E-state index contributed by atoms with van der Waals surface area (Å²) in [6.07, 6.45) is 0. The number of benzene rings is 4. The quantitative estimate of drug-likeness (QED) is 0.129. The third-order valence-electron chi connectivity index (χ3n) is 4.96. The van der Waals surface area contributed by atoms with E-state index >= 15 is 0 Å². The predicted octanol–water partition coefficient (Wildman–Crippen LogP) is -6.45. The van der Waals surface area contributed by atoms with Gasteiger partial charge in [-0.3, -0.25) is 4.55 Å².